The number of rotatable bonds is 4. The number of nitrogens with zero attached hydrogens (tertiary/aromatic N) is 1. The Morgan fingerprint density at radius 1 is 1.29 bits per heavy atom. The molecular formula is C14H11ClF2N2O2. The van der Waals surface area contributed by atoms with E-state index in [-0.39, 0.29) is 22.8 Å². The van der Waals surface area contributed by atoms with Crippen LogP contribution in [0, 0.1) is 28.7 Å². The Balaban J connectivity index is 2.25. The lowest BCUT2D eigenvalue weighted by Gasteiger charge is -2.11. The SMILES string of the molecule is Cc1cc([N+](=O)[O-])c(Cl)cc1NCc1c(F)cccc1F. The smallest absolute Gasteiger partial charge is 0.288 e. The molecule has 1 N–H and O–H groups in total. The average Bonchev–Trinajstić information content (AvgIpc) is 2.41. The zero-order valence-corrected chi connectivity index (χ0v) is 11.7. The molecule has 0 aliphatic rings. The monoisotopic (exact) mass is 312 g/mol. The molecule has 0 fully saturated rings. The molecule has 0 bridgehead atoms. The molecule has 110 valence electrons. The zero-order chi connectivity index (χ0) is 15.6. The minimum Gasteiger partial charge on any atom is -0.380 e. The third-order valence-corrected chi connectivity index (χ3v) is 3.31. The zero-order valence-electron chi connectivity index (χ0n) is 11.0. The number of nitrogens with one attached hydrogen (secondary N) is 1. The summed E-state index contributed by atoms with van der Waals surface area (Å²) in [6.07, 6.45) is 0. The van der Waals surface area contributed by atoms with Gasteiger partial charge in [-0.1, -0.05) is 17.7 Å². The number of nitro benzene ring substituents is 1. The van der Waals surface area contributed by atoms with E-state index in [0.29, 0.717) is 11.3 Å². The lowest BCUT2D eigenvalue weighted by Crippen LogP contribution is -2.06. The summed E-state index contributed by atoms with van der Waals surface area (Å²) >= 11 is 5.81. The summed E-state index contributed by atoms with van der Waals surface area (Å²) in [5.41, 5.74) is 0.722. The molecule has 0 unspecified atom stereocenters. The van der Waals surface area contributed by atoms with E-state index in [4.69, 9.17) is 11.6 Å². The summed E-state index contributed by atoms with van der Waals surface area (Å²) in [6, 6.07) is 6.28. The van der Waals surface area contributed by atoms with Crippen LogP contribution >= 0.6 is 11.6 Å². The second kappa shape index (κ2) is 6.05. The summed E-state index contributed by atoms with van der Waals surface area (Å²) in [7, 11) is 0. The Morgan fingerprint density at radius 2 is 1.90 bits per heavy atom. The molecule has 21 heavy (non-hydrogen) atoms. The van der Waals surface area contributed by atoms with Crippen molar-refractivity contribution in [1.82, 2.24) is 0 Å². The predicted molar refractivity (Wildman–Crippen MR) is 76.5 cm³/mol. The molecule has 0 heterocycles. The molecular weight excluding hydrogens is 302 g/mol. The number of nitro groups is 1. The van der Waals surface area contributed by atoms with Crippen molar-refractivity contribution in [3.63, 3.8) is 0 Å². The minimum atomic E-state index is -0.659. The second-order valence-corrected chi connectivity index (χ2v) is 4.84. The molecule has 0 aromatic heterocycles. The van der Waals surface area contributed by atoms with Crippen molar-refractivity contribution in [3.8, 4) is 0 Å². The highest BCUT2D eigenvalue weighted by molar-refractivity contribution is 6.33. The first-order valence-corrected chi connectivity index (χ1v) is 6.39. The van der Waals surface area contributed by atoms with Gasteiger partial charge in [0.25, 0.3) is 5.69 Å². The van der Waals surface area contributed by atoms with E-state index in [1.807, 2.05) is 0 Å². The van der Waals surface area contributed by atoms with E-state index < -0.39 is 16.6 Å². The van der Waals surface area contributed by atoms with Crippen LogP contribution in [0.2, 0.25) is 5.02 Å². The molecule has 0 radical (unpaired) electrons. The van der Waals surface area contributed by atoms with Crippen LogP contribution in [-0.4, -0.2) is 4.92 Å². The minimum absolute atomic E-state index is 0.0397. The van der Waals surface area contributed by atoms with Crippen molar-refractivity contribution in [2.24, 2.45) is 0 Å². The highest BCUT2D eigenvalue weighted by Crippen LogP contribution is 2.31. The van der Waals surface area contributed by atoms with Crippen LogP contribution in [0.4, 0.5) is 20.2 Å². The van der Waals surface area contributed by atoms with Gasteiger partial charge in [-0.2, -0.15) is 0 Å². The van der Waals surface area contributed by atoms with Gasteiger partial charge in [-0.25, -0.2) is 8.78 Å². The second-order valence-electron chi connectivity index (χ2n) is 4.43. The first kappa shape index (κ1) is 15.2. The molecule has 0 spiro atoms. The van der Waals surface area contributed by atoms with Gasteiger partial charge in [-0.05, 0) is 30.7 Å². The Bertz CT molecular complexity index is 687. The van der Waals surface area contributed by atoms with Gasteiger partial charge in [0.15, 0.2) is 0 Å². The average molecular weight is 313 g/mol. The van der Waals surface area contributed by atoms with Crippen LogP contribution < -0.4 is 5.32 Å². The molecule has 4 nitrogen and oxygen atoms in total. The fourth-order valence-corrected chi connectivity index (χ4v) is 2.11. The molecule has 0 aliphatic heterocycles. The first-order chi connectivity index (χ1) is 9.90. The van der Waals surface area contributed by atoms with E-state index in [9.17, 15) is 18.9 Å². The van der Waals surface area contributed by atoms with Gasteiger partial charge in [0.05, 0.1) is 4.92 Å². The molecule has 2 rings (SSSR count). The molecule has 0 atom stereocenters. The molecule has 0 saturated carbocycles. The van der Waals surface area contributed by atoms with Crippen LogP contribution in [-0.2, 0) is 6.54 Å². The largest absolute Gasteiger partial charge is 0.380 e. The normalized spacial score (nSPS) is 10.5. The lowest BCUT2D eigenvalue weighted by molar-refractivity contribution is -0.384. The molecule has 2 aromatic carbocycles. The van der Waals surface area contributed by atoms with Crippen molar-refractivity contribution < 1.29 is 13.7 Å². The van der Waals surface area contributed by atoms with Crippen molar-refractivity contribution in [2.45, 2.75) is 13.5 Å². The van der Waals surface area contributed by atoms with Gasteiger partial charge >= 0.3 is 0 Å². The maximum Gasteiger partial charge on any atom is 0.288 e. The van der Waals surface area contributed by atoms with Crippen molar-refractivity contribution >= 4 is 23.0 Å². The lowest BCUT2D eigenvalue weighted by atomic mass is 10.1. The van der Waals surface area contributed by atoms with Crippen molar-refractivity contribution in [1.29, 1.82) is 0 Å². The number of hydrogen-bond acceptors (Lipinski definition) is 3. The summed E-state index contributed by atoms with van der Waals surface area (Å²) in [5, 5.41) is 13.5. The Kier molecular flexibility index (Phi) is 4.37. The number of aryl methyl sites for hydroxylation is 1. The van der Waals surface area contributed by atoms with Crippen LogP contribution in [0.25, 0.3) is 0 Å². The third kappa shape index (κ3) is 3.28. The Hall–Kier alpha value is -2.21. The Morgan fingerprint density at radius 3 is 2.48 bits per heavy atom. The quantitative estimate of drug-likeness (QED) is 0.670. The van der Waals surface area contributed by atoms with E-state index in [1.165, 1.54) is 18.2 Å². The number of halogens is 3. The molecule has 0 amide bonds. The third-order valence-electron chi connectivity index (χ3n) is 3.01. The molecule has 0 aliphatic carbocycles. The van der Waals surface area contributed by atoms with E-state index in [1.54, 1.807) is 6.92 Å². The van der Waals surface area contributed by atoms with Gasteiger partial charge in [-0.15, -0.1) is 0 Å². The fraction of sp³-hybridized carbons (Fsp3) is 0.143. The van der Waals surface area contributed by atoms with Gasteiger partial charge in [-0.3, -0.25) is 10.1 Å². The van der Waals surface area contributed by atoms with Gasteiger partial charge in [0.1, 0.15) is 16.7 Å². The predicted octanol–water partition coefficient (Wildman–Crippen LogP) is 4.45. The van der Waals surface area contributed by atoms with Crippen LogP contribution in [0.5, 0.6) is 0 Å². The van der Waals surface area contributed by atoms with Crippen LogP contribution in [0.1, 0.15) is 11.1 Å². The standard InChI is InChI=1S/C14H11ClF2N2O2/c1-8-5-14(19(20)21)10(15)6-13(8)18-7-9-11(16)3-2-4-12(9)17/h2-6,18H,7H2,1H3. The van der Waals surface area contributed by atoms with E-state index in [2.05, 4.69) is 5.32 Å². The topological polar surface area (TPSA) is 55.2 Å². The van der Waals surface area contributed by atoms with Crippen LogP contribution in [0.15, 0.2) is 30.3 Å². The van der Waals surface area contributed by atoms with E-state index in [0.717, 1.165) is 12.1 Å². The molecule has 7 heteroatoms. The first-order valence-electron chi connectivity index (χ1n) is 6.01. The maximum atomic E-state index is 13.5. The van der Waals surface area contributed by atoms with Gasteiger partial charge in [0.2, 0.25) is 0 Å². The fourth-order valence-electron chi connectivity index (χ4n) is 1.88. The van der Waals surface area contributed by atoms with Gasteiger partial charge in [0, 0.05) is 23.9 Å². The molecule has 2 aromatic rings. The number of anilines is 1. The Labute approximate surface area is 124 Å². The summed E-state index contributed by atoms with van der Waals surface area (Å²) < 4.78 is 27.0. The van der Waals surface area contributed by atoms with Gasteiger partial charge < -0.3 is 5.32 Å². The van der Waals surface area contributed by atoms with E-state index >= 15 is 0 Å². The number of benzene rings is 2. The maximum absolute atomic E-state index is 13.5. The number of hydrogen-bond donors (Lipinski definition) is 1. The van der Waals surface area contributed by atoms with Crippen molar-refractivity contribution in [3.05, 3.63) is 68.2 Å². The van der Waals surface area contributed by atoms with Crippen LogP contribution in [0.3, 0.4) is 0 Å². The summed E-state index contributed by atoms with van der Waals surface area (Å²) in [5.74, 6) is -1.32. The highest BCUT2D eigenvalue weighted by atomic mass is 35.5. The van der Waals surface area contributed by atoms with Crippen molar-refractivity contribution in [2.75, 3.05) is 5.32 Å². The summed E-state index contributed by atoms with van der Waals surface area (Å²) in [6.45, 7) is 1.55. The highest BCUT2D eigenvalue weighted by Gasteiger charge is 2.15. The molecule has 0 saturated heterocycles. The summed E-state index contributed by atoms with van der Waals surface area (Å²) in [4.78, 5) is 10.2.